The highest BCUT2D eigenvalue weighted by Crippen LogP contribution is 2.32. The minimum Gasteiger partial charge on any atom is -0.341 e. The third-order valence-corrected chi connectivity index (χ3v) is 6.17. The first-order valence-electron chi connectivity index (χ1n) is 11.4. The van der Waals surface area contributed by atoms with Gasteiger partial charge in [0, 0.05) is 55.8 Å². The van der Waals surface area contributed by atoms with Gasteiger partial charge in [0.05, 0.1) is 5.52 Å². The van der Waals surface area contributed by atoms with Crippen LogP contribution in [0.1, 0.15) is 33.1 Å². The van der Waals surface area contributed by atoms with Crippen molar-refractivity contribution in [1.82, 2.24) is 24.6 Å². The van der Waals surface area contributed by atoms with E-state index in [4.69, 9.17) is 0 Å². The van der Waals surface area contributed by atoms with Crippen molar-refractivity contribution in [3.8, 4) is 11.4 Å². The van der Waals surface area contributed by atoms with Gasteiger partial charge in [0.1, 0.15) is 0 Å². The van der Waals surface area contributed by atoms with E-state index in [2.05, 4.69) is 67.7 Å². The summed E-state index contributed by atoms with van der Waals surface area (Å²) in [4.78, 5) is 21.5. The molecule has 0 N–H and O–H groups in total. The predicted octanol–water partition coefficient (Wildman–Crippen LogP) is 3.60. The van der Waals surface area contributed by atoms with Crippen molar-refractivity contribution in [2.45, 2.75) is 39.7 Å². The van der Waals surface area contributed by atoms with Crippen LogP contribution in [0.25, 0.3) is 22.3 Å². The number of para-hydroxylation sites is 1. The molecule has 0 bridgehead atoms. The molecule has 3 aromatic rings. The lowest BCUT2D eigenvalue weighted by Gasteiger charge is -2.24. The maximum absolute atomic E-state index is 12.5. The van der Waals surface area contributed by atoms with E-state index in [1.807, 2.05) is 12.3 Å². The summed E-state index contributed by atoms with van der Waals surface area (Å²) in [7, 11) is 0. The molecule has 1 saturated carbocycles. The van der Waals surface area contributed by atoms with E-state index in [0.717, 1.165) is 80.2 Å². The molecular formula is C24H30N6O. The molecule has 0 atom stereocenters. The molecule has 7 heteroatoms. The second-order valence-electron chi connectivity index (χ2n) is 9.15. The van der Waals surface area contributed by atoms with E-state index in [9.17, 15) is 4.79 Å². The van der Waals surface area contributed by atoms with Gasteiger partial charge in [-0.05, 0) is 37.3 Å². The van der Waals surface area contributed by atoms with Crippen molar-refractivity contribution in [1.29, 1.82) is 0 Å². The molecule has 1 aromatic carbocycles. The Kier molecular flexibility index (Phi) is 5.34. The number of rotatable bonds is 5. The van der Waals surface area contributed by atoms with Crippen molar-refractivity contribution < 1.29 is 4.79 Å². The van der Waals surface area contributed by atoms with Gasteiger partial charge >= 0.3 is 0 Å². The third kappa shape index (κ3) is 4.01. The van der Waals surface area contributed by atoms with Crippen LogP contribution in [0.4, 0.5) is 5.95 Å². The Morgan fingerprint density at radius 3 is 2.71 bits per heavy atom. The maximum Gasteiger partial charge on any atom is 0.227 e. The van der Waals surface area contributed by atoms with E-state index in [1.54, 1.807) is 0 Å². The molecule has 2 fully saturated rings. The van der Waals surface area contributed by atoms with Gasteiger partial charge in [0.15, 0.2) is 5.82 Å². The summed E-state index contributed by atoms with van der Waals surface area (Å²) in [5, 5.41) is 10.4. The van der Waals surface area contributed by atoms with Gasteiger partial charge < -0.3 is 9.80 Å². The Morgan fingerprint density at radius 1 is 1.06 bits per heavy atom. The Morgan fingerprint density at radius 2 is 1.90 bits per heavy atom. The molecule has 0 spiro atoms. The Labute approximate surface area is 183 Å². The molecule has 1 saturated heterocycles. The highest BCUT2D eigenvalue weighted by Gasteiger charge is 2.34. The van der Waals surface area contributed by atoms with E-state index in [-0.39, 0.29) is 5.92 Å². The fourth-order valence-corrected chi connectivity index (χ4v) is 4.47. The first kappa shape index (κ1) is 20.0. The largest absolute Gasteiger partial charge is 0.341 e. The van der Waals surface area contributed by atoms with Crippen molar-refractivity contribution in [2.24, 2.45) is 11.8 Å². The summed E-state index contributed by atoms with van der Waals surface area (Å²) in [6.07, 6.45) is 4.91. The van der Waals surface area contributed by atoms with Crippen LogP contribution in [0.15, 0.2) is 36.5 Å². The van der Waals surface area contributed by atoms with Gasteiger partial charge in [-0.15, -0.1) is 10.2 Å². The lowest BCUT2D eigenvalue weighted by atomic mass is 10.1. The highest BCUT2D eigenvalue weighted by atomic mass is 16.2. The van der Waals surface area contributed by atoms with Crippen LogP contribution in [0.3, 0.4) is 0 Å². The van der Waals surface area contributed by atoms with Crippen LogP contribution < -0.4 is 4.90 Å². The number of benzene rings is 1. The van der Waals surface area contributed by atoms with Crippen LogP contribution in [0.5, 0.6) is 0 Å². The number of nitrogens with zero attached hydrogens (tertiary/aromatic N) is 6. The lowest BCUT2D eigenvalue weighted by Crippen LogP contribution is -2.36. The minimum atomic E-state index is 0.279. The quantitative estimate of drug-likeness (QED) is 0.633. The van der Waals surface area contributed by atoms with Gasteiger partial charge in [-0.2, -0.15) is 0 Å². The number of carbonyl (C=O) groups excluding carboxylic acids is 1. The number of hydrogen-bond donors (Lipinski definition) is 0. The molecule has 7 nitrogen and oxygen atoms in total. The van der Waals surface area contributed by atoms with Crippen LogP contribution >= 0.6 is 0 Å². The van der Waals surface area contributed by atoms with Gasteiger partial charge in [-0.3, -0.25) is 14.3 Å². The molecule has 1 aliphatic carbocycles. The molecule has 1 aliphatic heterocycles. The average Bonchev–Trinajstić information content (AvgIpc) is 3.58. The highest BCUT2D eigenvalue weighted by molar-refractivity contribution is 5.91. The molecule has 0 radical (unpaired) electrons. The third-order valence-electron chi connectivity index (χ3n) is 6.17. The van der Waals surface area contributed by atoms with Crippen LogP contribution in [-0.4, -0.2) is 56.7 Å². The molecule has 3 heterocycles. The molecule has 31 heavy (non-hydrogen) atoms. The number of fused-ring (bicyclic) bond motifs is 1. The zero-order chi connectivity index (χ0) is 21.4. The van der Waals surface area contributed by atoms with E-state index in [1.165, 1.54) is 0 Å². The van der Waals surface area contributed by atoms with Crippen LogP contribution in [-0.2, 0) is 11.3 Å². The summed E-state index contributed by atoms with van der Waals surface area (Å²) < 4.78 is 2.24. The zero-order valence-electron chi connectivity index (χ0n) is 18.4. The molecule has 1 amide bonds. The Hall–Kier alpha value is -2.96. The van der Waals surface area contributed by atoms with Gasteiger partial charge in [0.2, 0.25) is 11.9 Å². The topological polar surface area (TPSA) is 67.2 Å². The number of amides is 1. The minimum absolute atomic E-state index is 0.279. The SMILES string of the molecule is CC(C)Cn1c(-c2cccc3cccnc23)nnc1N1CCCN(C(=O)C2CC2)CC1. The number of anilines is 1. The summed E-state index contributed by atoms with van der Waals surface area (Å²) in [5.41, 5.74) is 1.96. The van der Waals surface area contributed by atoms with Crippen LogP contribution in [0, 0.1) is 11.8 Å². The first-order chi connectivity index (χ1) is 15.1. The summed E-state index contributed by atoms with van der Waals surface area (Å²) in [6.45, 7) is 8.54. The van der Waals surface area contributed by atoms with Crippen molar-refractivity contribution in [2.75, 3.05) is 31.1 Å². The summed E-state index contributed by atoms with van der Waals surface area (Å²) in [5.74, 6) is 2.84. The van der Waals surface area contributed by atoms with Gasteiger partial charge in [-0.25, -0.2) is 0 Å². The van der Waals surface area contributed by atoms with E-state index in [0.29, 0.717) is 11.8 Å². The summed E-state index contributed by atoms with van der Waals surface area (Å²) >= 11 is 0. The van der Waals surface area contributed by atoms with Gasteiger partial charge in [0.25, 0.3) is 0 Å². The molecule has 162 valence electrons. The van der Waals surface area contributed by atoms with Gasteiger partial charge in [-0.1, -0.05) is 32.0 Å². The average molecular weight is 419 g/mol. The first-order valence-corrected chi connectivity index (χ1v) is 11.4. The van der Waals surface area contributed by atoms with Crippen LogP contribution in [0.2, 0.25) is 0 Å². The number of pyridine rings is 1. The lowest BCUT2D eigenvalue weighted by molar-refractivity contribution is -0.132. The Bertz CT molecular complexity index is 1080. The second kappa shape index (κ2) is 8.29. The molecule has 2 aliphatic rings. The maximum atomic E-state index is 12.5. The van der Waals surface area contributed by atoms with Crippen molar-refractivity contribution in [3.63, 3.8) is 0 Å². The van der Waals surface area contributed by atoms with Crippen molar-refractivity contribution in [3.05, 3.63) is 36.5 Å². The predicted molar refractivity (Wildman–Crippen MR) is 122 cm³/mol. The number of aromatic nitrogens is 4. The zero-order valence-corrected chi connectivity index (χ0v) is 18.4. The van der Waals surface area contributed by atoms with E-state index < -0.39 is 0 Å². The van der Waals surface area contributed by atoms with E-state index >= 15 is 0 Å². The second-order valence-corrected chi connectivity index (χ2v) is 9.15. The standard InChI is InChI=1S/C24H30N6O/c1-17(2)16-30-22(20-8-3-6-18-7-4-11-25-21(18)20)26-27-24(30)29-13-5-12-28(14-15-29)23(31)19-9-10-19/h3-4,6-8,11,17,19H,5,9-10,12-16H2,1-2H3. The summed E-state index contributed by atoms with van der Waals surface area (Å²) in [6, 6.07) is 10.3. The smallest absolute Gasteiger partial charge is 0.227 e. The monoisotopic (exact) mass is 418 g/mol. The molecule has 0 unspecified atom stereocenters. The van der Waals surface area contributed by atoms with Crippen molar-refractivity contribution >= 4 is 22.8 Å². The fourth-order valence-electron chi connectivity index (χ4n) is 4.47. The molecule has 5 rings (SSSR count). The normalized spacial score (nSPS) is 17.4. The number of hydrogen-bond acceptors (Lipinski definition) is 5. The Balaban J connectivity index is 1.48. The number of carbonyl (C=O) groups is 1. The fraction of sp³-hybridized carbons (Fsp3) is 0.500. The molecule has 2 aromatic heterocycles. The molecular weight excluding hydrogens is 388 g/mol.